The van der Waals surface area contributed by atoms with E-state index in [9.17, 15) is 0 Å². The summed E-state index contributed by atoms with van der Waals surface area (Å²) in [5.74, 6) is 0.821. The van der Waals surface area contributed by atoms with Crippen LogP contribution in [0.15, 0.2) is 12.1 Å². The molecule has 3 heteroatoms. The lowest BCUT2D eigenvalue weighted by Gasteiger charge is -2.19. The summed E-state index contributed by atoms with van der Waals surface area (Å²) < 4.78 is 0. The number of nitrogens with one attached hydrogen (secondary N) is 1. The molecular weight excluding hydrogens is 241 g/mol. The summed E-state index contributed by atoms with van der Waals surface area (Å²) in [7, 11) is 0. The Hall–Kier alpha value is -0.400. The lowest BCUT2D eigenvalue weighted by molar-refractivity contribution is 0.616. The van der Waals surface area contributed by atoms with Crippen molar-refractivity contribution >= 4 is 28.9 Å². The topological polar surface area (TPSA) is 12.0 Å². The van der Waals surface area contributed by atoms with Crippen molar-refractivity contribution in [2.45, 2.75) is 39.2 Å². The van der Waals surface area contributed by atoms with Crippen LogP contribution in [0.3, 0.4) is 0 Å². The fourth-order valence-corrected chi connectivity index (χ4v) is 2.44. The Labute approximate surface area is 107 Å². The molecule has 0 spiro atoms. The van der Waals surface area contributed by atoms with Crippen molar-refractivity contribution in [1.82, 2.24) is 0 Å². The Bertz CT molecular complexity index is 386. The number of hydrogen-bond donors (Lipinski definition) is 1. The molecule has 2 rings (SSSR count). The van der Waals surface area contributed by atoms with Gasteiger partial charge in [0.15, 0.2) is 0 Å². The molecule has 0 aromatic heterocycles. The molecule has 1 aromatic carbocycles. The molecule has 0 radical (unpaired) electrons. The lowest BCUT2D eigenvalue weighted by Crippen LogP contribution is -2.20. The van der Waals surface area contributed by atoms with Crippen molar-refractivity contribution in [1.29, 1.82) is 0 Å². The monoisotopic (exact) mass is 257 g/mol. The third-order valence-electron chi connectivity index (χ3n) is 3.22. The third kappa shape index (κ3) is 2.64. The van der Waals surface area contributed by atoms with E-state index in [4.69, 9.17) is 23.2 Å². The number of hydrogen-bond acceptors (Lipinski definition) is 1. The molecule has 1 atom stereocenters. The van der Waals surface area contributed by atoms with Gasteiger partial charge in [0.25, 0.3) is 0 Å². The van der Waals surface area contributed by atoms with Gasteiger partial charge in [-0.2, -0.15) is 0 Å². The van der Waals surface area contributed by atoms with Crippen LogP contribution >= 0.6 is 23.2 Å². The molecule has 0 heterocycles. The van der Waals surface area contributed by atoms with Gasteiger partial charge in [0, 0.05) is 11.1 Å². The average molecular weight is 258 g/mol. The maximum absolute atomic E-state index is 6.21. The molecule has 1 aliphatic rings. The van der Waals surface area contributed by atoms with Gasteiger partial charge in [0.1, 0.15) is 0 Å². The summed E-state index contributed by atoms with van der Waals surface area (Å²) in [6.45, 7) is 4.18. The number of halogens is 2. The zero-order valence-corrected chi connectivity index (χ0v) is 11.2. The van der Waals surface area contributed by atoms with Gasteiger partial charge in [-0.15, -0.1) is 0 Å². The first-order valence-electron chi connectivity index (χ1n) is 5.84. The highest BCUT2D eigenvalue weighted by Gasteiger charge is 2.30. The molecule has 1 aromatic rings. The standard InChI is InChI=1S/C13H17Cl2N/c1-3-12(9-4-5-9)16-13-7-10(14)8(2)6-11(13)15/h6-7,9,12,16H,3-5H2,1-2H3. The summed E-state index contributed by atoms with van der Waals surface area (Å²) in [6.07, 6.45) is 3.80. The number of benzene rings is 1. The summed E-state index contributed by atoms with van der Waals surface area (Å²) in [5.41, 5.74) is 1.99. The van der Waals surface area contributed by atoms with E-state index in [-0.39, 0.29) is 0 Å². The average Bonchev–Trinajstić information content (AvgIpc) is 3.05. The van der Waals surface area contributed by atoms with Gasteiger partial charge in [0.2, 0.25) is 0 Å². The Balaban J connectivity index is 2.16. The van der Waals surface area contributed by atoms with E-state index in [1.54, 1.807) is 0 Å². The molecule has 0 amide bonds. The molecule has 1 N–H and O–H groups in total. The second-order valence-corrected chi connectivity index (χ2v) is 5.39. The zero-order chi connectivity index (χ0) is 11.7. The fourth-order valence-electron chi connectivity index (χ4n) is 2.01. The first-order valence-corrected chi connectivity index (χ1v) is 6.59. The van der Waals surface area contributed by atoms with E-state index in [2.05, 4.69) is 12.2 Å². The number of anilines is 1. The van der Waals surface area contributed by atoms with Gasteiger partial charge in [-0.1, -0.05) is 30.1 Å². The van der Waals surface area contributed by atoms with Crippen LogP contribution in [0.1, 0.15) is 31.7 Å². The van der Waals surface area contributed by atoms with Gasteiger partial charge in [-0.05, 0) is 49.8 Å². The van der Waals surface area contributed by atoms with Gasteiger partial charge in [0.05, 0.1) is 10.7 Å². The largest absolute Gasteiger partial charge is 0.381 e. The second kappa shape index (κ2) is 4.85. The number of aryl methyl sites for hydroxylation is 1. The maximum Gasteiger partial charge on any atom is 0.0641 e. The van der Waals surface area contributed by atoms with E-state index in [0.29, 0.717) is 6.04 Å². The van der Waals surface area contributed by atoms with Gasteiger partial charge in [-0.3, -0.25) is 0 Å². The van der Waals surface area contributed by atoms with Crippen molar-refractivity contribution in [2.75, 3.05) is 5.32 Å². The highest BCUT2D eigenvalue weighted by molar-refractivity contribution is 6.35. The Morgan fingerprint density at radius 2 is 2.00 bits per heavy atom. The van der Waals surface area contributed by atoms with E-state index in [1.165, 1.54) is 12.8 Å². The van der Waals surface area contributed by atoms with Crippen LogP contribution in [0.25, 0.3) is 0 Å². The van der Waals surface area contributed by atoms with Crippen LogP contribution in [0.4, 0.5) is 5.69 Å². The van der Waals surface area contributed by atoms with Crippen LogP contribution < -0.4 is 5.32 Å². The summed E-state index contributed by atoms with van der Waals surface area (Å²) in [4.78, 5) is 0. The molecule has 1 fully saturated rings. The minimum absolute atomic E-state index is 0.538. The highest BCUT2D eigenvalue weighted by Crippen LogP contribution is 2.37. The van der Waals surface area contributed by atoms with E-state index < -0.39 is 0 Å². The molecule has 0 bridgehead atoms. The lowest BCUT2D eigenvalue weighted by atomic mass is 10.1. The van der Waals surface area contributed by atoms with Crippen LogP contribution in [0, 0.1) is 12.8 Å². The van der Waals surface area contributed by atoms with Crippen LogP contribution in [-0.4, -0.2) is 6.04 Å². The maximum atomic E-state index is 6.21. The summed E-state index contributed by atoms with van der Waals surface area (Å²) >= 11 is 12.3. The zero-order valence-electron chi connectivity index (χ0n) is 9.69. The Morgan fingerprint density at radius 1 is 1.31 bits per heavy atom. The molecule has 88 valence electrons. The molecule has 1 nitrogen and oxygen atoms in total. The van der Waals surface area contributed by atoms with Crippen LogP contribution in [0.2, 0.25) is 10.0 Å². The van der Waals surface area contributed by atoms with Crippen LogP contribution in [0.5, 0.6) is 0 Å². The smallest absolute Gasteiger partial charge is 0.0641 e. The van der Waals surface area contributed by atoms with Gasteiger partial charge in [-0.25, -0.2) is 0 Å². The van der Waals surface area contributed by atoms with Gasteiger partial charge < -0.3 is 5.32 Å². The minimum Gasteiger partial charge on any atom is -0.381 e. The van der Waals surface area contributed by atoms with Crippen molar-refractivity contribution < 1.29 is 0 Å². The second-order valence-electron chi connectivity index (χ2n) is 4.58. The van der Waals surface area contributed by atoms with E-state index in [1.807, 2.05) is 19.1 Å². The van der Waals surface area contributed by atoms with E-state index >= 15 is 0 Å². The SMILES string of the molecule is CCC(Nc1cc(Cl)c(C)cc1Cl)C1CC1. The van der Waals surface area contributed by atoms with Crippen molar-refractivity contribution in [3.05, 3.63) is 27.7 Å². The van der Waals surface area contributed by atoms with E-state index in [0.717, 1.165) is 33.6 Å². The predicted octanol–water partition coefficient (Wildman–Crippen LogP) is 4.90. The van der Waals surface area contributed by atoms with Crippen molar-refractivity contribution in [3.63, 3.8) is 0 Å². The van der Waals surface area contributed by atoms with Crippen molar-refractivity contribution in [2.24, 2.45) is 5.92 Å². The molecular formula is C13H17Cl2N. The summed E-state index contributed by atoms with van der Waals surface area (Å²) in [6, 6.07) is 4.40. The fraction of sp³-hybridized carbons (Fsp3) is 0.538. The quantitative estimate of drug-likeness (QED) is 0.809. The normalized spacial score (nSPS) is 17.2. The number of rotatable bonds is 4. The van der Waals surface area contributed by atoms with Crippen molar-refractivity contribution in [3.8, 4) is 0 Å². The Morgan fingerprint density at radius 3 is 2.56 bits per heavy atom. The third-order valence-corrected chi connectivity index (χ3v) is 3.94. The van der Waals surface area contributed by atoms with Gasteiger partial charge >= 0.3 is 0 Å². The molecule has 1 saturated carbocycles. The Kier molecular flexibility index (Phi) is 3.66. The minimum atomic E-state index is 0.538. The first-order chi connectivity index (χ1) is 7.61. The molecule has 0 aliphatic heterocycles. The summed E-state index contributed by atoms with van der Waals surface area (Å²) in [5, 5.41) is 5.05. The first kappa shape index (κ1) is 12.1. The highest BCUT2D eigenvalue weighted by atomic mass is 35.5. The predicted molar refractivity (Wildman–Crippen MR) is 71.6 cm³/mol. The molecule has 1 unspecified atom stereocenters. The van der Waals surface area contributed by atoms with Crippen LogP contribution in [-0.2, 0) is 0 Å². The molecule has 16 heavy (non-hydrogen) atoms. The molecule has 0 saturated heterocycles. The molecule has 1 aliphatic carbocycles.